The maximum Gasteiger partial charge on any atom is -0.0171 e. The molecule has 0 amide bonds. The second-order valence-electron chi connectivity index (χ2n) is 6.16. The summed E-state index contributed by atoms with van der Waals surface area (Å²) >= 11 is 0. The van der Waals surface area contributed by atoms with Gasteiger partial charge in [-0.3, -0.25) is 0 Å². The van der Waals surface area contributed by atoms with Crippen LogP contribution in [0.25, 0.3) is 32.3 Å². The minimum atomic E-state index is 0.571. The summed E-state index contributed by atoms with van der Waals surface area (Å²) in [5.74, 6) is 0.571. The smallest absolute Gasteiger partial charge is 0.0171 e. The number of benzene rings is 4. The highest BCUT2D eigenvalue weighted by atomic mass is 14.1. The molecule has 0 aliphatic rings. The highest BCUT2D eigenvalue weighted by Gasteiger charge is 2.04. The largest absolute Gasteiger partial charge is 0.0616 e. The van der Waals surface area contributed by atoms with Gasteiger partial charge in [0.05, 0.1) is 0 Å². The van der Waals surface area contributed by atoms with Crippen LogP contribution in [0.2, 0.25) is 0 Å². The number of fused-ring (bicyclic) bond motifs is 3. The second kappa shape index (κ2) is 4.60. The number of hydrogen-bond acceptors (Lipinski definition) is 0. The van der Waals surface area contributed by atoms with Crippen molar-refractivity contribution in [3.8, 4) is 0 Å². The van der Waals surface area contributed by atoms with Crippen LogP contribution in [0.1, 0.15) is 25.3 Å². The molecule has 0 radical (unpaired) electrons. The second-order valence-corrected chi connectivity index (χ2v) is 6.16. The van der Waals surface area contributed by atoms with Crippen molar-refractivity contribution in [2.24, 2.45) is 0 Å². The Balaban J connectivity index is 2.05. The maximum absolute atomic E-state index is 2.33. The average Bonchev–Trinajstić information content (AvgIpc) is 2.50. The summed E-state index contributed by atoms with van der Waals surface area (Å²) in [5.41, 5.74) is 1.41. The zero-order valence-corrected chi connectivity index (χ0v) is 12.4. The van der Waals surface area contributed by atoms with Crippen LogP contribution in [0.5, 0.6) is 0 Å². The van der Waals surface area contributed by atoms with E-state index < -0.39 is 0 Å². The van der Waals surface area contributed by atoms with E-state index >= 15 is 0 Å². The summed E-state index contributed by atoms with van der Waals surface area (Å²) in [4.78, 5) is 0. The van der Waals surface area contributed by atoms with E-state index in [1.54, 1.807) is 0 Å². The van der Waals surface area contributed by atoms with E-state index in [4.69, 9.17) is 0 Å². The summed E-state index contributed by atoms with van der Waals surface area (Å²) in [7, 11) is 0. The average molecular weight is 270 g/mol. The molecule has 0 aliphatic carbocycles. The third kappa shape index (κ3) is 2.08. The molecule has 0 unspecified atom stereocenters. The van der Waals surface area contributed by atoms with Crippen LogP contribution in [-0.4, -0.2) is 0 Å². The van der Waals surface area contributed by atoms with E-state index in [0.29, 0.717) is 5.92 Å². The molecule has 0 N–H and O–H groups in total. The Labute approximate surface area is 125 Å². The van der Waals surface area contributed by atoms with Gasteiger partial charge in [-0.15, -0.1) is 0 Å². The van der Waals surface area contributed by atoms with Crippen molar-refractivity contribution >= 4 is 32.3 Å². The Morgan fingerprint density at radius 1 is 0.524 bits per heavy atom. The van der Waals surface area contributed by atoms with E-state index in [9.17, 15) is 0 Å². The predicted octanol–water partition coefficient (Wildman–Crippen LogP) is 6.27. The topological polar surface area (TPSA) is 0 Å². The normalized spacial score (nSPS) is 11.8. The molecule has 0 heterocycles. The predicted molar refractivity (Wildman–Crippen MR) is 93.0 cm³/mol. The molecule has 0 fully saturated rings. The fourth-order valence-corrected chi connectivity index (χ4v) is 3.07. The van der Waals surface area contributed by atoms with Gasteiger partial charge < -0.3 is 0 Å². The zero-order valence-electron chi connectivity index (χ0n) is 12.4. The Morgan fingerprint density at radius 2 is 1.00 bits per heavy atom. The quantitative estimate of drug-likeness (QED) is 0.357. The lowest BCUT2D eigenvalue weighted by molar-refractivity contribution is 0.869. The first-order chi connectivity index (χ1) is 10.2. The summed E-state index contributed by atoms with van der Waals surface area (Å²) in [6, 6.07) is 24.6. The molecule has 0 aliphatic heterocycles. The van der Waals surface area contributed by atoms with Gasteiger partial charge in [-0.1, -0.05) is 56.3 Å². The number of rotatable bonds is 1. The third-order valence-corrected chi connectivity index (χ3v) is 4.35. The van der Waals surface area contributed by atoms with Crippen molar-refractivity contribution in [3.63, 3.8) is 0 Å². The van der Waals surface area contributed by atoms with Crippen LogP contribution in [0.15, 0.2) is 66.7 Å². The van der Waals surface area contributed by atoms with Gasteiger partial charge in [0.15, 0.2) is 0 Å². The molecular weight excluding hydrogens is 252 g/mol. The molecule has 102 valence electrons. The highest BCUT2D eigenvalue weighted by Crippen LogP contribution is 2.29. The molecule has 0 spiro atoms. The Hall–Kier alpha value is -2.34. The monoisotopic (exact) mass is 270 g/mol. The lowest BCUT2D eigenvalue weighted by atomic mass is 9.96. The zero-order chi connectivity index (χ0) is 14.4. The van der Waals surface area contributed by atoms with Gasteiger partial charge >= 0.3 is 0 Å². The first-order valence-corrected chi connectivity index (χ1v) is 7.57. The summed E-state index contributed by atoms with van der Waals surface area (Å²) in [6.07, 6.45) is 0. The van der Waals surface area contributed by atoms with Crippen LogP contribution in [-0.2, 0) is 0 Å². The maximum atomic E-state index is 2.33. The van der Waals surface area contributed by atoms with Crippen molar-refractivity contribution < 1.29 is 0 Å². The minimum Gasteiger partial charge on any atom is -0.0616 e. The molecule has 0 nitrogen and oxygen atoms in total. The van der Waals surface area contributed by atoms with Crippen molar-refractivity contribution in [1.29, 1.82) is 0 Å². The fourth-order valence-electron chi connectivity index (χ4n) is 3.07. The van der Waals surface area contributed by atoms with E-state index in [0.717, 1.165) is 0 Å². The molecule has 0 aromatic heterocycles. The molecule has 21 heavy (non-hydrogen) atoms. The SMILES string of the molecule is CC(C)c1ccc2cc3cc4ccccc4cc3cc2c1. The van der Waals surface area contributed by atoms with E-state index in [1.807, 2.05) is 0 Å². The van der Waals surface area contributed by atoms with Crippen molar-refractivity contribution in [2.75, 3.05) is 0 Å². The molecule has 4 aromatic rings. The third-order valence-electron chi connectivity index (χ3n) is 4.35. The standard InChI is InChI=1S/C21H18/c1-14(2)15-7-8-18-12-20-10-16-5-3-4-6-17(16)11-21(20)13-19(18)9-15/h3-14H,1-2H3. The first kappa shape index (κ1) is 12.4. The molecule has 4 aromatic carbocycles. The molecule has 0 atom stereocenters. The summed E-state index contributed by atoms with van der Waals surface area (Å²) < 4.78 is 0. The van der Waals surface area contributed by atoms with Crippen molar-refractivity contribution in [2.45, 2.75) is 19.8 Å². The van der Waals surface area contributed by atoms with Crippen LogP contribution < -0.4 is 0 Å². The van der Waals surface area contributed by atoms with Gasteiger partial charge in [-0.25, -0.2) is 0 Å². The summed E-state index contributed by atoms with van der Waals surface area (Å²) in [6.45, 7) is 4.49. The first-order valence-electron chi connectivity index (χ1n) is 7.57. The van der Waals surface area contributed by atoms with E-state index in [-0.39, 0.29) is 0 Å². The lowest BCUT2D eigenvalue weighted by Crippen LogP contribution is -1.87. The van der Waals surface area contributed by atoms with Gasteiger partial charge in [-0.2, -0.15) is 0 Å². The fraction of sp³-hybridized carbons (Fsp3) is 0.143. The Morgan fingerprint density at radius 3 is 1.57 bits per heavy atom. The van der Waals surface area contributed by atoms with Crippen molar-refractivity contribution in [3.05, 3.63) is 72.3 Å². The van der Waals surface area contributed by atoms with Crippen LogP contribution in [0.3, 0.4) is 0 Å². The van der Waals surface area contributed by atoms with Gasteiger partial charge in [0.1, 0.15) is 0 Å². The molecule has 4 rings (SSSR count). The molecule has 0 saturated carbocycles. The van der Waals surface area contributed by atoms with Gasteiger partial charge in [0.25, 0.3) is 0 Å². The minimum absolute atomic E-state index is 0.571. The van der Waals surface area contributed by atoms with Gasteiger partial charge in [-0.05, 0) is 68.1 Å². The number of hydrogen-bond donors (Lipinski definition) is 0. The molecule has 0 bridgehead atoms. The van der Waals surface area contributed by atoms with Gasteiger partial charge in [0, 0.05) is 0 Å². The lowest BCUT2D eigenvalue weighted by Gasteiger charge is -2.09. The summed E-state index contributed by atoms with van der Waals surface area (Å²) in [5, 5.41) is 7.92. The highest BCUT2D eigenvalue weighted by molar-refractivity contribution is 6.04. The molecular formula is C21H18. The van der Waals surface area contributed by atoms with Crippen molar-refractivity contribution in [1.82, 2.24) is 0 Å². The molecule has 0 heteroatoms. The van der Waals surface area contributed by atoms with Crippen LogP contribution >= 0.6 is 0 Å². The van der Waals surface area contributed by atoms with Crippen LogP contribution in [0.4, 0.5) is 0 Å². The Kier molecular flexibility index (Phi) is 2.71. The van der Waals surface area contributed by atoms with E-state index in [2.05, 4.69) is 80.6 Å². The molecule has 0 saturated heterocycles. The Bertz CT molecular complexity index is 961. The van der Waals surface area contributed by atoms with Crippen LogP contribution in [0, 0.1) is 0 Å². The van der Waals surface area contributed by atoms with Gasteiger partial charge in [0.2, 0.25) is 0 Å². The van der Waals surface area contributed by atoms with E-state index in [1.165, 1.54) is 37.9 Å².